The van der Waals surface area contributed by atoms with Gasteiger partial charge in [-0.15, -0.1) is 0 Å². The van der Waals surface area contributed by atoms with Crippen LogP contribution in [0.1, 0.15) is 24.8 Å². The number of aliphatic carboxylic acids is 1. The second kappa shape index (κ2) is 8.54. The van der Waals surface area contributed by atoms with Crippen molar-refractivity contribution in [1.82, 2.24) is 16.0 Å². The molecule has 130 valence electrons. The second-order valence-corrected chi connectivity index (χ2v) is 6.24. The number of carboxylic acid groups (broad SMARTS) is 1. The molecule has 0 radical (unpaired) electrons. The largest absolute Gasteiger partial charge is 0.480 e. The summed E-state index contributed by atoms with van der Waals surface area (Å²) in [6.45, 7) is 0.0188. The Hall–Kier alpha value is -2.28. The number of benzene rings is 1. The highest BCUT2D eigenvalue weighted by molar-refractivity contribution is 6.30. The molecule has 7 nitrogen and oxygen atoms in total. The lowest BCUT2D eigenvalue weighted by molar-refractivity contribution is -0.142. The average molecular weight is 354 g/mol. The summed E-state index contributed by atoms with van der Waals surface area (Å²) < 4.78 is 0. The fraction of sp³-hybridized carbons (Fsp3) is 0.438. The highest BCUT2D eigenvalue weighted by Gasteiger charge is 2.30. The van der Waals surface area contributed by atoms with Crippen molar-refractivity contribution in [3.63, 3.8) is 0 Å². The third kappa shape index (κ3) is 6.45. The maximum absolute atomic E-state index is 11.7. The predicted octanol–water partition coefficient (Wildman–Crippen LogP) is 1.51. The first-order chi connectivity index (χ1) is 11.4. The first kappa shape index (κ1) is 18.1. The minimum atomic E-state index is -1.05. The van der Waals surface area contributed by atoms with E-state index in [9.17, 15) is 14.4 Å². The molecular weight excluding hydrogens is 334 g/mol. The molecule has 1 aliphatic rings. The van der Waals surface area contributed by atoms with Gasteiger partial charge in [0, 0.05) is 11.6 Å². The van der Waals surface area contributed by atoms with E-state index >= 15 is 0 Å². The quantitative estimate of drug-likeness (QED) is 0.568. The third-order valence-electron chi connectivity index (χ3n) is 3.68. The molecule has 1 unspecified atom stereocenters. The number of hydrogen-bond acceptors (Lipinski definition) is 3. The smallest absolute Gasteiger partial charge is 0.326 e. The Morgan fingerprint density at radius 3 is 2.42 bits per heavy atom. The molecule has 4 N–H and O–H groups in total. The van der Waals surface area contributed by atoms with Crippen LogP contribution in [-0.2, 0) is 16.1 Å². The lowest BCUT2D eigenvalue weighted by Crippen LogP contribution is -2.47. The number of carbonyl (C=O) groups excluding carboxylic acids is 2. The lowest BCUT2D eigenvalue weighted by atomic mass is 10.1. The second-order valence-electron chi connectivity index (χ2n) is 5.80. The summed E-state index contributed by atoms with van der Waals surface area (Å²) in [4.78, 5) is 34.5. The predicted molar refractivity (Wildman–Crippen MR) is 88.6 cm³/mol. The normalized spacial score (nSPS) is 14.5. The fourth-order valence-corrected chi connectivity index (χ4v) is 2.29. The van der Waals surface area contributed by atoms with Crippen molar-refractivity contribution < 1.29 is 19.5 Å². The highest BCUT2D eigenvalue weighted by Crippen LogP contribution is 2.33. The Kier molecular flexibility index (Phi) is 6.43. The summed E-state index contributed by atoms with van der Waals surface area (Å²) in [5.41, 5.74) is 0.870. The van der Waals surface area contributed by atoms with Crippen molar-refractivity contribution in [1.29, 1.82) is 0 Å². The molecule has 8 heteroatoms. The summed E-state index contributed by atoms with van der Waals surface area (Å²) in [5, 5.41) is 17.1. The number of hydrogen-bond donors (Lipinski definition) is 4. The molecule has 1 atom stereocenters. The molecule has 1 saturated carbocycles. The topological polar surface area (TPSA) is 108 Å². The summed E-state index contributed by atoms with van der Waals surface area (Å²) in [6, 6.07) is 5.60. The molecule has 3 amide bonds. The zero-order valence-electron chi connectivity index (χ0n) is 13.0. The molecule has 0 aliphatic heterocycles. The van der Waals surface area contributed by atoms with Gasteiger partial charge in [0.15, 0.2) is 0 Å². The molecule has 0 aromatic heterocycles. The standard InChI is InChI=1S/C16H20ClN3O4/c17-12-5-3-11(4-6-12)8-18-16(24)19-9-14(21)20-13(15(22)23)7-10-1-2-10/h3-6,10,13H,1-2,7-9H2,(H,20,21)(H,22,23)(H2,18,19,24). The maximum Gasteiger partial charge on any atom is 0.326 e. The number of carbonyl (C=O) groups is 3. The van der Waals surface area contributed by atoms with Crippen LogP contribution in [0.2, 0.25) is 5.02 Å². The summed E-state index contributed by atoms with van der Waals surface area (Å²) in [7, 11) is 0. The first-order valence-electron chi connectivity index (χ1n) is 7.72. The van der Waals surface area contributed by atoms with Gasteiger partial charge in [0.05, 0.1) is 6.54 Å². The minimum absolute atomic E-state index is 0.277. The van der Waals surface area contributed by atoms with Gasteiger partial charge in [-0.25, -0.2) is 9.59 Å². The van der Waals surface area contributed by atoms with E-state index < -0.39 is 23.9 Å². The Balaban J connectivity index is 1.67. The van der Waals surface area contributed by atoms with Gasteiger partial charge >= 0.3 is 12.0 Å². The number of carboxylic acids is 1. The molecular formula is C16H20ClN3O4. The van der Waals surface area contributed by atoms with E-state index in [0.29, 0.717) is 23.9 Å². The van der Waals surface area contributed by atoms with E-state index in [-0.39, 0.29) is 6.54 Å². The van der Waals surface area contributed by atoms with Gasteiger partial charge < -0.3 is 21.1 Å². The number of urea groups is 1. The SMILES string of the molecule is O=C(CNC(=O)NCc1ccc(Cl)cc1)NC(CC1CC1)C(=O)O. The van der Waals surface area contributed by atoms with Crippen molar-refractivity contribution in [2.24, 2.45) is 5.92 Å². The zero-order valence-corrected chi connectivity index (χ0v) is 13.8. The summed E-state index contributed by atoms with van der Waals surface area (Å²) in [6.07, 6.45) is 2.44. The first-order valence-corrected chi connectivity index (χ1v) is 8.10. The molecule has 2 rings (SSSR count). The zero-order chi connectivity index (χ0) is 17.5. The van der Waals surface area contributed by atoms with E-state index in [1.165, 1.54) is 0 Å². The van der Waals surface area contributed by atoms with Gasteiger partial charge in [-0.1, -0.05) is 36.6 Å². The number of halogens is 1. The van der Waals surface area contributed by atoms with Crippen LogP contribution in [0.3, 0.4) is 0 Å². The van der Waals surface area contributed by atoms with Crippen molar-refractivity contribution >= 4 is 29.5 Å². The fourth-order valence-electron chi connectivity index (χ4n) is 2.16. The maximum atomic E-state index is 11.7. The number of amides is 3. The van der Waals surface area contributed by atoms with Gasteiger partial charge in [0.1, 0.15) is 6.04 Å². The van der Waals surface area contributed by atoms with Crippen molar-refractivity contribution in [3.05, 3.63) is 34.9 Å². The van der Waals surface area contributed by atoms with Crippen molar-refractivity contribution in [2.75, 3.05) is 6.54 Å². The van der Waals surface area contributed by atoms with Crippen LogP contribution in [0.25, 0.3) is 0 Å². The van der Waals surface area contributed by atoms with Crippen LogP contribution in [0, 0.1) is 5.92 Å². The molecule has 0 heterocycles. The minimum Gasteiger partial charge on any atom is -0.480 e. The monoisotopic (exact) mass is 353 g/mol. The number of rotatable bonds is 8. The Labute approximate surface area is 144 Å². The number of nitrogens with one attached hydrogen (secondary N) is 3. The van der Waals surface area contributed by atoms with Crippen molar-refractivity contribution in [3.8, 4) is 0 Å². The van der Waals surface area contributed by atoms with Gasteiger partial charge in [0.25, 0.3) is 0 Å². The van der Waals surface area contributed by atoms with Gasteiger partial charge in [-0.05, 0) is 30.0 Å². The third-order valence-corrected chi connectivity index (χ3v) is 3.93. The van der Waals surface area contributed by atoms with Gasteiger partial charge in [0.2, 0.25) is 5.91 Å². The van der Waals surface area contributed by atoms with E-state index in [4.69, 9.17) is 16.7 Å². The summed E-state index contributed by atoms with van der Waals surface area (Å²) >= 11 is 5.77. The molecule has 0 saturated heterocycles. The Morgan fingerprint density at radius 2 is 1.83 bits per heavy atom. The molecule has 1 aliphatic carbocycles. The molecule has 0 spiro atoms. The molecule has 1 aromatic carbocycles. The highest BCUT2D eigenvalue weighted by atomic mass is 35.5. The van der Waals surface area contributed by atoms with Crippen LogP contribution in [0.15, 0.2) is 24.3 Å². The van der Waals surface area contributed by atoms with E-state index in [2.05, 4.69) is 16.0 Å². The van der Waals surface area contributed by atoms with Gasteiger partial charge in [-0.2, -0.15) is 0 Å². The van der Waals surface area contributed by atoms with E-state index in [1.54, 1.807) is 24.3 Å². The van der Waals surface area contributed by atoms with Crippen LogP contribution in [-0.4, -0.2) is 35.6 Å². The summed E-state index contributed by atoms with van der Waals surface area (Å²) in [5.74, 6) is -1.20. The average Bonchev–Trinajstić information content (AvgIpc) is 3.35. The van der Waals surface area contributed by atoms with Crippen LogP contribution >= 0.6 is 11.6 Å². The van der Waals surface area contributed by atoms with Gasteiger partial charge in [-0.3, -0.25) is 4.79 Å². The van der Waals surface area contributed by atoms with E-state index in [0.717, 1.165) is 18.4 Å². The molecule has 1 fully saturated rings. The Bertz CT molecular complexity index is 602. The van der Waals surface area contributed by atoms with Crippen molar-refractivity contribution in [2.45, 2.75) is 31.8 Å². The van der Waals surface area contributed by atoms with Crippen LogP contribution < -0.4 is 16.0 Å². The van der Waals surface area contributed by atoms with Crippen LogP contribution in [0.5, 0.6) is 0 Å². The van der Waals surface area contributed by atoms with Crippen LogP contribution in [0.4, 0.5) is 4.79 Å². The molecule has 24 heavy (non-hydrogen) atoms. The molecule has 1 aromatic rings. The lowest BCUT2D eigenvalue weighted by Gasteiger charge is -2.14. The molecule has 0 bridgehead atoms. The Morgan fingerprint density at radius 1 is 1.17 bits per heavy atom. The van der Waals surface area contributed by atoms with E-state index in [1.807, 2.05) is 0 Å².